The summed E-state index contributed by atoms with van der Waals surface area (Å²) in [5, 5.41) is 16.2. The Morgan fingerprint density at radius 3 is 1.96 bits per heavy atom. The van der Waals surface area contributed by atoms with Crippen LogP contribution in [0.3, 0.4) is 0 Å². The van der Waals surface area contributed by atoms with Crippen molar-refractivity contribution in [1.29, 1.82) is 5.26 Å². The average molecular weight is 356 g/mol. The Morgan fingerprint density at radius 1 is 0.792 bits per heavy atom. The zero-order chi connectivity index (χ0) is 16.9. The van der Waals surface area contributed by atoms with Crippen LogP contribution in [0.4, 0.5) is 23.0 Å². The first-order valence-electron chi connectivity index (χ1n) is 6.95. The fraction of sp³-hybridized carbons (Fsp3) is 0. The maximum Gasteiger partial charge on any atom is 0.135 e. The molecule has 0 spiro atoms. The highest BCUT2D eigenvalue weighted by Gasteiger charge is 2.03. The number of halogens is 2. The molecule has 1 aromatic heterocycles. The Morgan fingerprint density at radius 2 is 1.38 bits per heavy atom. The first kappa shape index (κ1) is 16.1. The van der Waals surface area contributed by atoms with E-state index in [1.807, 2.05) is 12.1 Å². The van der Waals surface area contributed by atoms with Gasteiger partial charge < -0.3 is 10.6 Å². The normalized spacial score (nSPS) is 10.0. The second-order valence-electron chi connectivity index (χ2n) is 4.89. The minimum atomic E-state index is 0.537. The van der Waals surface area contributed by atoms with Gasteiger partial charge in [-0.05, 0) is 42.5 Å². The summed E-state index contributed by atoms with van der Waals surface area (Å²) in [6.45, 7) is 0. The van der Waals surface area contributed by atoms with Gasteiger partial charge in [0.15, 0.2) is 0 Å². The van der Waals surface area contributed by atoms with Crippen molar-refractivity contribution in [3.8, 4) is 6.07 Å². The molecule has 24 heavy (non-hydrogen) atoms. The summed E-state index contributed by atoms with van der Waals surface area (Å²) < 4.78 is 0. The van der Waals surface area contributed by atoms with Gasteiger partial charge in [0.05, 0.1) is 11.6 Å². The van der Waals surface area contributed by atoms with Crippen LogP contribution < -0.4 is 10.6 Å². The van der Waals surface area contributed by atoms with Crippen molar-refractivity contribution in [2.75, 3.05) is 10.6 Å². The Kier molecular flexibility index (Phi) is 4.80. The smallest absolute Gasteiger partial charge is 0.135 e. The van der Waals surface area contributed by atoms with Gasteiger partial charge in [0.25, 0.3) is 0 Å². The van der Waals surface area contributed by atoms with Gasteiger partial charge in [0, 0.05) is 27.5 Å². The van der Waals surface area contributed by atoms with Crippen LogP contribution in [0.15, 0.2) is 54.9 Å². The maximum atomic E-state index is 8.82. The number of anilines is 4. The molecule has 0 fully saturated rings. The predicted octanol–water partition coefficient (Wildman–Crippen LogP) is 5.14. The predicted molar refractivity (Wildman–Crippen MR) is 96.2 cm³/mol. The summed E-state index contributed by atoms with van der Waals surface area (Å²) in [5.74, 6) is 1.21. The molecule has 2 aromatic carbocycles. The van der Waals surface area contributed by atoms with E-state index in [4.69, 9.17) is 28.5 Å². The molecular formula is C17H11Cl2N5. The highest BCUT2D eigenvalue weighted by atomic mass is 35.5. The largest absolute Gasteiger partial charge is 0.340 e. The van der Waals surface area contributed by atoms with Gasteiger partial charge in [-0.2, -0.15) is 5.26 Å². The van der Waals surface area contributed by atoms with Gasteiger partial charge in [-0.15, -0.1) is 0 Å². The van der Waals surface area contributed by atoms with Crippen LogP contribution in [-0.4, -0.2) is 9.97 Å². The van der Waals surface area contributed by atoms with E-state index in [9.17, 15) is 0 Å². The summed E-state index contributed by atoms with van der Waals surface area (Å²) in [6, 6.07) is 16.1. The second kappa shape index (κ2) is 7.18. The van der Waals surface area contributed by atoms with E-state index in [-0.39, 0.29) is 0 Å². The number of nitriles is 1. The van der Waals surface area contributed by atoms with Crippen molar-refractivity contribution in [3.63, 3.8) is 0 Å². The van der Waals surface area contributed by atoms with Crippen LogP contribution in [0.25, 0.3) is 0 Å². The summed E-state index contributed by atoms with van der Waals surface area (Å²) in [6.07, 6.45) is 1.44. The lowest BCUT2D eigenvalue weighted by Crippen LogP contribution is -1.98. The van der Waals surface area contributed by atoms with Gasteiger partial charge in [-0.25, -0.2) is 9.97 Å². The average Bonchev–Trinajstić information content (AvgIpc) is 2.55. The van der Waals surface area contributed by atoms with E-state index in [1.54, 1.807) is 36.4 Å². The zero-order valence-corrected chi connectivity index (χ0v) is 13.8. The monoisotopic (exact) mass is 355 g/mol. The SMILES string of the molecule is N#Cc1ccc(Nc2cc(Nc3cc(Cl)cc(Cl)c3)ncn2)cc1. The molecule has 0 radical (unpaired) electrons. The number of hydrogen-bond donors (Lipinski definition) is 2. The maximum absolute atomic E-state index is 8.82. The second-order valence-corrected chi connectivity index (χ2v) is 5.76. The van der Waals surface area contributed by atoms with E-state index in [2.05, 4.69) is 26.7 Å². The molecule has 0 saturated carbocycles. The fourth-order valence-corrected chi connectivity index (χ4v) is 2.57. The molecule has 5 nitrogen and oxygen atoms in total. The van der Waals surface area contributed by atoms with E-state index < -0.39 is 0 Å². The lowest BCUT2D eigenvalue weighted by molar-refractivity contribution is 1.17. The Balaban J connectivity index is 1.77. The Labute approximate surface area is 148 Å². The van der Waals surface area contributed by atoms with Gasteiger partial charge in [0.1, 0.15) is 18.0 Å². The zero-order valence-electron chi connectivity index (χ0n) is 12.3. The van der Waals surface area contributed by atoms with Crippen LogP contribution in [-0.2, 0) is 0 Å². The van der Waals surface area contributed by atoms with Crippen LogP contribution in [0.5, 0.6) is 0 Å². The number of nitrogens with one attached hydrogen (secondary N) is 2. The third-order valence-electron chi connectivity index (χ3n) is 3.09. The minimum absolute atomic E-state index is 0.537. The van der Waals surface area contributed by atoms with Crippen molar-refractivity contribution in [2.24, 2.45) is 0 Å². The van der Waals surface area contributed by atoms with Crippen LogP contribution in [0, 0.1) is 11.3 Å². The summed E-state index contributed by atoms with van der Waals surface area (Å²) >= 11 is 12.0. The van der Waals surface area contributed by atoms with E-state index in [0.717, 1.165) is 11.4 Å². The molecule has 118 valence electrons. The van der Waals surface area contributed by atoms with Crippen molar-refractivity contribution in [1.82, 2.24) is 9.97 Å². The molecule has 0 bridgehead atoms. The number of nitrogens with zero attached hydrogens (tertiary/aromatic N) is 3. The minimum Gasteiger partial charge on any atom is -0.340 e. The Bertz CT molecular complexity index is 883. The topological polar surface area (TPSA) is 73.6 Å². The van der Waals surface area contributed by atoms with Crippen molar-refractivity contribution in [2.45, 2.75) is 0 Å². The van der Waals surface area contributed by atoms with Crippen molar-refractivity contribution < 1.29 is 0 Å². The van der Waals surface area contributed by atoms with Crippen LogP contribution in [0.1, 0.15) is 5.56 Å². The quantitative estimate of drug-likeness (QED) is 0.677. The molecule has 0 aliphatic carbocycles. The first-order chi connectivity index (χ1) is 11.6. The van der Waals surface area contributed by atoms with Gasteiger partial charge in [0.2, 0.25) is 0 Å². The van der Waals surface area contributed by atoms with Crippen molar-refractivity contribution >= 4 is 46.2 Å². The van der Waals surface area contributed by atoms with Crippen LogP contribution >= 0.6 is 23.2 Å². The van der Waals surface area contributed by atoms with Crippen LogP contribution in [0.2, 0.25) is 10.0 Å². The molecule has 0 amide bonds. The molecule has 3 rings (SSSR count). The fourth-order valence-electron chi connectivity index (χ4n) is 2.04. The highest BCUT2D eigenvalue weighted by Crippen LogP contribution is 2.25. The third-order valence-corrected chi connectivity index (χ3v) is 3.52. The Hall–Kier alpha value is -2.81. The molecular weight excluding hydrogens is 345 g/mol. The molecule has 2 N–H and O–H groups in total. The molecule has 7 heteroatoms. The summed E-state index contributed by atoms with van der Waals surface area (Å²) in [4.78, 5) is 8.35. The van der Waals surface area contributed by atoms with E-state index in [0.29, 0.717) is 27.2 Å². The third kappa shape index (κ3) is 4.13. The molecule has 0 saturated heterocycles. The number of aromatic nitrogens is 2. The van der Waals surface area contributed by atoms with Gasteiger partial charge >= 0.3 is 0 Å². The first-order valence-corrected chi connectivity index (χ1v) is 7.70. The highest BCUT2D eigenvalue weighted by molar-refractivity contribution is 6.35. The van der Waals surface area contributed by atoms with Crippen molar-refractivity contribution in [3.05, 3.63) is 70.5 Å². The standard InChI is InChI=1S/C17H11Cl2N5/c18-12-5-13(19)7-15(6-12)24-17-8-16(21-10-22-17)23-14-3-1-11(9-20)2-4-14/h1-8,10H,(H2,21,22,23,24). The lowest BCUT2D eigenvalue weighted by Gasteiger charge is -2.09. The lowest BCUT2D eigenvalue weighted by atomic mass is 10.2. The molecule has 0 aliphatic rings. The number of benzene rings is 2. The molecule has 3 aromatic rings. The molecule has 0 aliphatic heterocycles. The van der Waals surface area contributed by atoms with Gasteiger partial charge in [-0.1, -0.05) is 23.2 Å². The number of hydrogen-bond acceptors (Lipinski definition) is 5. The summed E-state index contributed by atoms with van der Waals surface area (Å²) in [7, 11) is 0. The van der Waals surface area contributed by atoms with Gasteiger partial charge in [-0.3, -0.25) is 0 Å². The number of rotatable bonds is 4. The molecule has 0 unspecified atom stereocenters. The van der Waals surface area contributed by atoms with E-state index in [1.165, 1.54) is 6.33 Å². The molecule has 1 heterocycles. The molecule has 0 atom stereocenters. The summed E-state index contributed by atoms with van der Waals surface area (Å²) in [5.41, 5.74) is 2.16. The van der Waals surface area contributed by atoms with E-state index >= 15 is 0 Å².